The first kappa shape index (κ1) is 19.9. The van der Waals surface area contributed by atoms with Crippen LogP contribution in [0.5, 0.6) is 0 Å². The summed E-state index contributed by atoms with van der Waals surface area (Å²) < 4.78 is 13.9. The van der Waals surface area contributed by atoms with Crippen molar-refractivity contribution in [3.8, 4) is 0 Å². The van der Waals surface area contributed by atoms with Crippen molar-refractivity contribution in [3.63, 3.8) is 0 Å². The molecular formula is C22H25FN4OS. The quantitative estimate of drug-likeness (QED) is 0.603. The SMILES string of the molecule is Cc1ccc2nc(SCC(=O)N[C@H]3CCCN(Cc4ccccc4F)C3)[nH]c2c1. The second-order valence-corrected chi connectivity index (χ2v) is 8.55. The van der Waals surface area contributed by atoms with E-state index < -0.39 is 0 Å². The molecule has 2 N–H and O–H groups in total. The zero-order chi connectivity index (χ0) is 20.2. The molecule has 1 aliphatic heterocycles. The molecule has 1 aliphatic rings. The summed E-state index contributed by atoms with van der Waals surface area (Å²) in [5.41, 5.74) is 3.78. The molecule has 7 heteroatoms. The molecule has 1 saturated heterocycles. The number of H-pyrrole nitrogens is 1. The number of carbonyl (C=O) groups is 1. The summed E-state index contributed by atoms with van der Waals surface area (Å²) in [6.45, 7) is 4.29. The Morgan fingerprint density at radius 1 is 1.34 bits per heavy atom. The van der Waals surface area contributed by atoms with Gasteiger partial charge in [0.2, 0.25) is 5.91 Å². The Balaban J connectivity index is 1.28. The average Bonchev–Trinajstić information content (AvgIpc) is 3.10. The molecule has 5 nitrogen and oxygen atoms in total. The lowest BCUT2D eigenvalue weighted by atomic mass is 10.0. The normalized spacial score (nSPS) is 17.5. The number of nitrogens with zero attached hydrogens (tertiary/aromatic N) is 2. The molecule has 0 saturated carbocycles. The van der Waals surface area contributed by atoms with Crippen LogP contribution in [-0.2, 0) is 11.3 Å². The van der Waals surface area contributed by atoms with Gasteiger partial charge in [0.05, 0.1) is 16.8 Å². The van der Waals surface area contributed by atoms with Crippen LogP contribution in [0.15, 0.2) is 47.6 Å². The first-order valence-electron chi connectivity index (χ1n) is 9.91. The Morgan fingerprint density at radius 2 is 2.21 bits per heavy atom. The first-order valence-corrected chi connectivity index (χ1v) is 10.9. The number of thioether (sulfide) groups is 1. The van der Waals surface area contributed by atoms with Crippen LogP contribution in [0.25, 0.3) is 11.0 Å². The van der Waals surface area contributed by atoms with Crippen molar-refractivity contribution < 1.29 is 9.18 Å². The Kier molecular flexibility index (Phi) is 6.16. The van der Waals surface area contributed by atoms with Crippen LogP contribution >= 0.6 is 11.8 Å². The fourth-order valence-corrected chi connectivity index (χ4v) is 4.45. The van der Waals surface area contributed by atoms with E-state index in [2.05, 4.69) is 26.3 Å². The third-order valence-corrected chi connectivity index (χ3v) is 6.05. The third kappa shape index (κ3) is 5.16. The van der Waals surface area contributed by atoms with Gasteiger partial charge in [-0.25, -0.2) is 9.37 Å². The van der Waals surface area contributed by atoms with Gasteiger partial charge in [-0.1, -0.05) is 36.0 Å². The number of amides is 1. The molecule has 0 unspecified atom stereocenters. The predicted octanol–water partition coefficient (Wildman–Crippen LogP) is 3.88. The summed E-state index contributed by atoms with van der Waals surface area (Å²) in [5, 5.41) is 3.88. The van der Waals surface area contributed by atoms with E-state index >= 15 is 0 Å². The number of rotatable bonds is 6. The lowest BCUT2D eigenvalue weighted by molar-refractivity contribution is -0.119. The Bertz CT molecular complexity index is 1010. The lowest BCUT2D eigenvalue weighted by Crippen LogP contribution is -2.47. The summed E-state index contributed by atoms with van der Waals surface area (Å²) in [6, 6.07) is 13.0. The number of halogens is 1. The van der Waals surface area contributed by atoms with Crippen molar-refractivity contribution in [1.29, 1.82) is 0 Å². The van der Waals surface area contributed by atoms with Gasteiger partial charge < -0.3 is 10.3 Å². The van der Waals surface area contributed by atoms with Crippen LogP contribution in [-0.4, -0.2) is 45.7 Å². The molecule has 1 aromatic heterocycles. The number of aromatic nitrogens is 2. The number of benzene rings is 2. The minimum absolute atomic E-state index is 0.00405. The van der Waals surface area contributed by atoms with Crippen molar-refractivity contribution in [2.75, 3.05) is 18.8 Å². The summed E-state index contributed by atoms with van der Waals surface area (Å²) in [4.78, 5) is 22.4. The van der Waals surface area contributed by atoms with Crippen LogP contribution in [0.1, 0.15) is 24.0 Å². The maximum absolute atomic E-state index is 13.9. The van der Waals surface area contributed by atoms with Gasteiger partial charge in [0.15, 0.2) is 5.16 Å². The number of piperidine rings is 1. The molecule has 0 radical (unpaired) electrons. The van der Waals surface area contributed by atoms with Crippen molar-refractivity contribution in [1.82, 2.24) is 20.2 Å². The molecule has 152 valence electrons. The van der Waals surface area contributed by atoms with E-state index in [9.17, 15) is 9.18 Å². The monoisotopic (exact) mass is 412 g/mol. The van der Waals surface area contributed by atoms with Crippen molar-refractivity contribution in [3.05, 3.63) is 59.4 Å². The van der Waals surface area contributed by atoms with Crippen LogP contribution in [0.4, 0.5) is 4.39 Å². The van der Waals surface area contributed by atoms with Crippen LogP contribution in [0.3, 0.4) is 0 Å². The average molecular weight is 413 g/mol. The highest BCUT2D eigenvalue weighted by Crippen LogP contribution is 2.21. The summed E-state index contributed by atoms with van der Waals surface area (Å²) in [6.07, 6.45) is 1.95. The van der Waals surface area contributed by atoms with Gasteiger partial charge in [-0.3, -0.25) is 9.69 Å². The molecule has 0 bridgehead atoms. The van der Waals surface area contributed by atoms with E-state index in [-0.39, 0.29) is 17.8 Å². The maximum Gasteiger partial charge on any atom is 0.230 e. The Morgan fingerprint density at radius 3 is 3.07 bits per heavy atom. The van der Waals surface area contributed by atoms with Crippen molar-refractivity contribution in [2.45, 2.75) is 37.5 Å². The van der Waals surface area contributed by atoms with E-state index in [1.807, 2.05) is 31.2 Å². The van der Waals surface area contributed by atoms with Crippen molar-refractivity contribution in [2.24, 2.45) is 0 Å². The van der Waals surface area contributed by atoms with E-state index in [1.54, 1.807) is 6.07 Å². The van der Waals surface area contributed by atoms with Gasteiger partial charge in [-0.05, 0) is 50.1 Å². The second-order valence-electron chi connectivity index (χ2n) is 7.58. The molecule has 0 aliphatic carbocycles. The minimum atomic E-state index is -0.170. The van der Waals surface area contributed by atoms with E-state index in [0.29, 0.717) is 17.9 Å². The van der Waals surface area contributed by atoms with Crippen LogP contribution in [0, 0.1) is 12.7 Å². The number of hydrogen-bond donors (Lipinski definition) is 2. The molecule has 0 spiro atoms. The number of hydrogen-bond acceptors (Lipinski definition) is 4. The van der Waals surface area contributed by atoms with Gasteiger partial charge in [-0.2, -0.15) is 0 Å². The lowest BCUT2D eigenvalue weighted by Gasteiger charge is -2.33. The van der Waals surface area contributed by atoms with Gasteiger partial charge >= 0.3 is 0 Å². The Labute approximate surface area is 174 Å². The summed E-state index contributed by atoms with van der Waals surface area (Å²) in [5.74, 6) is 0.156. The van der Waals surface area contributed by atoms with Gasteiger partial charge in [0.25, 0.3) is 0 Å². The smallest absolute Gasteiger partial charge is 0.230 e. The molecule has 2 heterocycles. The molecule has 3 aromatic rings. The van der Waals surface area contributed by atoms with Gasteiger partial charge in [-0.15, -0.1) is 0 Å². The number of nitrogens with one attached hydrogen (secondary N) is 2. The molecule has 2 aromatic carbocycles. The van der Waals surface area contributed by atoms with E-state index in [4.69, 9.17) is 0 Å². The zero-order valence-electron chi connectivity index (χ0n) is 16.5. The number of imidazole rings is 1. The molecule has 1 fully saturated rings. The number of aromatic amines is 1. The van der Waals surface area contributed by atoms with Gasteiger partial charge in [0.1, 0.15) is 5.82 Å². The highest BCUT2D eigenvalue weighted by molar-refractivity contribution is 7.99. The molecular weight excluding hydrogens is 387 g/mol. The number of aryl methyl sites for hydroxylation is 1. The highest BCUT2D eigenvalue weighted by atomic mass is 32.2. The zero-order valence-corrected chi connectivity index (χ0v) is 17.3. The molecule has 4 rings (SSSR count). The Hall–Kier alpha value is -2.38. The fourth-order valence-electron chi connectivity index (χ4n) is 3.76. The number of fused-ring (bicyclic) bond motifs is 1. The molecule has 29 heavy (non-hydrogen) atoms. The summed E-state index contributed by atoms with van der Waals surface area (Å²) in [7, 11) is 0. The number of likely N-dealkylation sites (tertiary alicyclic amines) is 1. The van der Waals surface area contributed by atoms with Crippen LogP contribution in [0.2, 0.25) is 0 Å². The largest absolute Gasteiger partial charge is 0.351 e. The third-order valence-electron chi connectivity index (χ3n) is 5.18. The molecule has 1 atom stereocenters. The van der Waals surface area contributed by atoms with Gasteiger partial charge in [0, 0.05) is 24.7 Å². The fraction of sp³-hybridized carbons (Fsp3) is 0.364. The minimum Gasteiger partial charge on any atom is -0.351 e. The predicted molar refractivity (Wildman–Crippen MR) is 114 cm³/mol. The highest BCUT2D eigenvalue weighted by Gasteiger charge is 2.22. The van der Waals surface area contributed by atoms with E-state index in [1.165, 1.54) is 23.4 Å². The number of carbonyl (C=O) groups excluding carboxylic acids is 1. The van der Waals surface area contributed by atoms with Crippen molar-refractivity contribution >= 4 is 28.7 Å². The first-order chi connectivity index (χ1) is 14.1. The second kappa shape index (κ2) is 8.97. The standard InChI is InChI=1S/C22H25FN4OS/c1-15-8-9-19-20(11-15)26-22(25-19)29-14-21(28)24-17-6-4-10-27(13-17)12-16-5-2-3-7-18(16)23/h2-3,5,7-9,11,17H,4,6,10,12-14H2,1H3,(H,24,28)(H,25,26)/t17-/m0/s1. The maximum atomic E-state index is 13.9. The molecule has 1 amide bonds. The topological polar surface area (TPSA) is 61.0 Å². The summed E-state index contributed by atoms with van der Waals surface area (Å²) >= 11 is 1.41. The van der Waals surface area contributed by atoms with E-state index in [0.717, 1.165) is 42.1 Å². The van der Waals surface area contributed by atoms with Crippen LogP contribution < -0.4 is 5.32 Å².